The molecule has 0 saturated carbocycles. The zero-order valence-electron chi connectivity index (χ0n) is 12.8. The van der Waals surface area contributed by atoms with E-state index in [1.165, 1.54) is 5.69 Å². The number of imidazole rings is 1. The van der Waals surface area contributed by atoms with Crippen molar-refractivity contribution in [2.24, 2.45) is 7.05 Å². The molecular weight excluding hydrogens is 256 g/mol. The van der Waals surface area contributed by atoms with E-state index in [2.05, 4.69) is 14.5 Å². The molecule has 0 unspecified atom stereocenters. The Hall–Kier alpha value is -1.40. The lowest BCUT2D eigenvalue weighted by Gasteiger charge is -2.35. The van der Waals surface area contributed by atoms with Crippen molar-refractivity contribution in [3.63, 3.8) is 0 Å². The molecule has 1 aliphatic heterocycles. The molecular formula is C14H24N4O2. The molecule has 1 aromatic heterocycles. The lowest BCUT2D eigenvalue weighted by atomic mass is 10.0. The van der Waals surface area contributed by atoms with Gasteiger partial charge in [-0.1, -0.05) is 0 Å². The fourth-order valence-corrected chi connectivity index (χ4v) is 2.49. The Morgan fingerprint density at radius 2 is 2.30 bits per heavy atom. The summed E-state index contributed by atoms with van der Waals surface area (Å²) in [6.07, 6.45) is 2.73. The smallest absolute Gasteiger partial charge is 0.236 e. The van der Waals surface area contributed by atoms with Crippen molar-refractivity contribution in [3.8, 4) is 0 Å². The molecule has 0 bridgehead atoms. The van der Waals surface area contributed by atoms with Crippen molar-refractivity contribution in [3.05, 3.63) is 17.7 Å². The highest BCUT2D eigenvalue weighted by molar-refractivity contribution is 5.77. The number of nitrogens with zero attached hydrogens (tertiary/aromatic N) is 4. The number of amides is 1. The topological polar surface area (TPSA) is 50.6 Å². The van der Waals surface area contributed by atoms with Crippen LogP contribution in [0.1, 0.15) is 18.3 Å². The number of aryl methyl sites for hydroxylation is 1. The summed E-state index contributed by atoms with van der Waals surface area (Å²) in [5.74, 6) is 0.117. The standard InChI is InChI=1S/C14H24N4O2/c1-5-20-9-11-6-13-12(15-10-17(13)4)7-18(11)8-14(19)16(2)3/h10-11H,5-9H2,1-4H3/t11-/m1/s1. The quantitative estimate of drug-likeness (QED) is 0.777. The third-order valence-electron chi connectivity index (χ3n) is 3.80. The van der Waals surface area contributed by atoms with Gasteiger partial charge in [0.1, 0.15) is 0 Å². The third kappa shape index (κ3) is 3.19. The van der Waals surface area contributed by atoms with E-state index in [0.717, 1.165) is 12.1 Å². The molecule has 1 aliphatic rings. The van der Waals surface area contributed by atoms with Crippen LogP contribution in [0.25, 0.3) is 0 Å². The lowest BCUT2D eigenvalue weighted by molar-refractivity contribution is -0.131. The van der Waals surface area contributed by atoms with Gasteiger partial charge in [0, 0.05) is 52.5 Å². The number of fused-ring (bicyclic) bond motifs is 1. The van der Waals surface area contributed by atoms with Crippen LogP contribution in [0.4, 0.5) is 0 Å². The van der Waals surface area contributed by atoms with Gasteiger partial charge in [0.25, 0.3) is 0 Å². The van der Waals surface area contributed by atoms with Crippen LogP contribution in [0.3, 0.4) is 0 Å². The number of aromatic nitrogens is 2. The molecule has 0 saturated heterocycles. The first-order valence-corrected chi connectivity index (χ1v) is 7.04. The van der Waals surface area contributed by atoms with Crippen molar-refractivity contribution < 1.29 is 9.53 Å². The molecule has 0 fully saturated rings. The van der Waals surface area contributed by atoms with Gasteiger partial charge in [0.15, 0.2) is 0 Å². The molecule has 112 valence electrons. The molecule has 0 spiro atoms. The largest absolute Gasteiger partial charge is 0.380 e. The van der Waals surface area contributed by atoms with Crippen molar-refractivity contribution in [2.75, 3.05) is 33.9 Å². The number of carbonyl (C=O) groups excluding carboxylic acids is 1. The van der Waals surface area contributed by atoms with Gasteiger partial charge in [0.2, 0.25) is 5.91 Å². The van der Waals surface area contributed by atoms with E-state index in [1.807, 2.05) is 20.3 Å². The normalized spacial score (nSPS) is 18.9. The van der Waals surface area contributed by atoms with E-state index < -0.39 is 0 Å². The zero-order valence-corrected chi connectivity index (χ0v) is 12.8. The van der Waals surface area contributed by atoms with E-state index in [9.17, 15) is 4.79 Å². The Morgan fingerprint density at radius 1 is 1.55 bits per heavy atom. The molecule has 2 heterocycles. The molecule has 0 N–H and O–H groups in total. The van der Waals surface area contributed by atoms with Gasteiger partial charge < -0.3 is 14.2 Å². The number of hydrogen-bond donors (Lipinski definition) is 0. The van der Waals surface area contributed by atoms with Crippen molar-refractivity contribution in [1.29, 1.82) is 0 Å². The van der Waals surface area contributed by atoms with E-state index in [1.54, 1.807) is 19.0 Å². The molecule has 20 heavy (non-hydrogen) atoms. The predicted molar refractivity (Wildman–Crippen MR) is 76.3 cm³/mol. The van der Waals surface area contributed by atoms with Crippen LogP contribution < -0.4 is 0 Å². The molecule has 1 amide bonds. The average molecular weight is 280 g/mol. The first-order chi connectivity index (χ1) is 9.52. The van der Waals surface area contributed by atoms with Crippen LogP contribution in [-0.2, 0) is 29.5 Å². The van der Waals surface area contributed by atoms with Crippen LogP contribution in [0.15, 0.2) is 6.33 Å². The van der Waals surface area contributed by atoms with Crippen molar-refractivity contribution in [2.45, 2.75) is 25.9 Å². The number of rotatable bonds is 5. The first kappa shape index (κ1) is 15.0. The molecule has 0 aromatic carbocycles. The van der Waals surface area contributed by atoms with Crippen LogP contribution in [0.2, 0.25) is 0 Å². The minimum absolute atomic E-state index is 0.117. The number of hydrogen-bond acceptors (Lipinski definition) is 4. The summed E-state index contributed by atoms with van der Waals surface area (Å²) in [6.45, 7) is 4.48. The average Bonchev–Trinajstić information content (AvgIpc) is 2.77. The summed E-state index contributed by atoms with van der Waals surface area (Å²) in [5.41, 5.74) is 2.33. The SMILES string of the molecule is CCOC[C@H]1Cc2c(ncn2C)CN1CC(=O)N(C)C. The summed E-state index contributed by atoms with van der Waals surface area (Å²) in [4.78, 5) is 20.2. The fraction of sp³-hybridized carbons (Fsp3) is 0.714. The van der Waals surface area contributed by atoms with Crippen molar-refractivity contribution >= 4 is 5.91 Å². The second-order valence-electron chi connectivity index (χ2n) is 5.46. The summed E-state index contributed by atoms with van der Waals surface area (Å²) < 4.78 is 7.65. The van der Waals surface area contributed by atoms with Gasteiger partial charge in [-0.3, -0.25) is 9.69 Å². The van der Waals surface area contributed by atoms with E-state index in [0.29, 0.717) is 26.3 Å². The van der Waals surface area contributed by atoms with Crippen LogP contribution >= 0.6 is 0 Å². The lowest BCUT2D eigenvalue weighted by Crippen LogP contribution is -2.48. The monoisotopic (exact) mass is 280 g/mol. The Labute approximate surface area is 120 Å². The van der Waals surface area contributed by atoms with Gasteiger partial charge in [-0.2, -0.15) is 0 Å². The van der Waals surface area contributed by atoms with Gasteiger partial charge in [-0.25, -0.2) is 4.98 Å². The molecule has 0 radical (unpaired) electrons. The van der Waals surface area contributed by atoms with Crippen molar-refractivity contribution in [1.82, 2.24) is 19.4 Å². The minimum atomic E-state index is 0.117. The summed E-state index contributed by atoms with van der Waals surface area (Å²) in [7, 11) is 5.59. The number of ether oxygens (including phenoxy) is 1. The summed E-state index contributed by atoms with van der Waals surface area (Å²) in [6, 6.07) is 0.238. The highest BCUT2D eigenvalue weighted by Crippen LogP contribution is 2.22. The first-order valence-electron chi connectivity index (χ1n) is 7.04. The van der Waals surface area contributed by atoms with Gasteiger partial charge >= 0.3 is 0 Å². The van der Waals surface area contributed by atoms with Gasteiger partial charge in [-0.05, 0) is 6.92 Å². The Bertz CT molecular complexity index is 470. The van der Waals surface area contributed by atoms with Crippen LogP contribution in [0, 0.1) is 0 Å². The van der Waals surface area contributed by atoms with E-state index in [-0.39, 0.29) is 11.9 Å². The second-order valence-corrected chi connectivity index (χ2v) is 5.46. The number of carbonyl (C=O) groups is 1. The van der Waals surface area contributed by atoms with Gasteiger partial charge in [0.05, 0.1) is 25.2 Å². The number of likely N-dealkylation sites (N-methyl/N-ethyl adjacent to an activating group) is 1. The fourth-order valence-electron chi connectivity index (χ4n) is 2.49. The summed E-state index contributed by atoms with van der Waals surface area (Å²) in [5, 5.41) is 0. The maximum atomic E-state index is 12.0. The predicted octanol–water partition coefficient (Wildman–Crippen LogP) is 0.272. The van der Waals surface area contributed by atoms with Crippen LogP contribution in [0.5, 0.6) is 0 Å². The summed E-state index contributed by atoms with van der Waals surface area (Å²) >= 11 is 0. The maximum Gasteiger partial charge on any atom is 0.236 e. The third-order valence-corrected chi connectivity index (χ3v) is 3.80. The zero-order chi connectivity index (χ0) is 14.7. The van der Waals surface area contributed by atoms with Gasteiger partial charge in [-0.15, -0.1) is 0 Å². The highest BCUT2D eigenvalue weighted by atomic mass is 16.5. The molecule has 6 nitrogen and oxygen atoms in total. The minimum Gasteiger partial charge on any atom is -0.380 e. The van der Waals surface area contributed by atoms with E-state index in [4.69, 9.17) is 4.74 Å². The van der Waals surface area contributed by atoms with Crippen LogP contribution in [-0.4, -0.2) is 65.2 Å². The molecule has 0 aliphatic carbocycles. The molecule has 6 heteroatoms. The second kappa shape index (κ2) is 6.37. The highest BCUT2D eigenvalue weighted by Gasteiger charge is 2.30. The Kier molecular flexibility index (Phi) is 4.77. The maximum absolute atomic E-state index is 12.0. The Morgan fingerprint density at radius 3 is 2.95 bits per heavy atom. The molecule has 1 atom stereocenters. The Balaban J connectivity index is 2.12. The molecule has 1 aromatic rings. The van der Waals surface area contributed by atoms with E-state index >= 15 is 0 Å². The molecule has 2 rings (SSSR count).